The van der Waals surface area contributed by atoms with Crippen LogP contribution in [0.2, 0.25) is 0 Å². The van der Waals surface area contributed by atoms with Crippen LogP contribution in [0.4, 0.5) is 8.22 Å². The summed E-state index contributed by atoms with van der Waals surface area (Å²) in [5, 5.41) is 0. The Balaban J connectivity index is -0.0000000720. The van der Waals surface area contributed by atoms with Crippen molar-refractivity contribution in [3.63, 3.8) is 0 Å². The number of hydrogen-bond donors (Lipinski definition) is 0. The molecule has 0 bridgehead atoms. The summed E-state index contributed by atoms with van der Waals surface area (Å²) >= 11 is 0. The fraction of sp³-hybridized carbons (Fsp3) is 0. The first kappa shape index (κ1) is 16.1. The topological polar surface area (TPSA) is 80.3 Å². The van der Waals surface area contributed by atoms with Gasteiger partial charge in [-0.3, -0.25) is 8.22 Å². The van der Waals surface area contributed by atoms with Gasteiger partial charge < -0.3 is 18.5 Å². The van der Waals surface area contributed by atoms with E-state index in [1.54, 1.807) is 0 Å². The predicted molar refractivity (Wildman–Crippen MR) is 23.6 cm³/mol. The number of hydrogen-bond acceptors (Lipinski definition) is 4. The van der Waals surface area contributed by atoms with E-state index in [9.17, 15) is 8.22 Å². The number of rotatable bonds is 0. The van der Waals surface area contributed by atoms with Crippen LogP contribution in [0.3, 0.4) is 0 Å². The Morgan fingerprint density at radius 2 is 1.00 bits per heavy atom. The van der Waals surface area contributed by atoms with E-state index in [-0.39, 0.29) is 23.9 Å². The predicted octanol–water partition coefficient (Wildman–Crippen LogP) is -3.45. The number of halogens is 2. The summed E-state index contributed by atoms with van der Waals surface area (Å²) in [6.07, 6.45) is 0. The maximum atomic E-state index is 9.99. The van der Waals surface area contributed by atoms with Gasteiger partial charge in [-0.2, -0.15) is 0 Å². The SMILES string of the molecule is O=[Si]([O-])F.O=[Si]([O-])F.[SnH2+2]. The molecule has 0 saturated carbocycles. The van der Waals surface area contributed by atoms with Gasteiger partial charge in [-0.1, -0.05) is 0 Å². The zero-order chi connectivity index (χ0) is 7.15. The van der Waals surface area contributed by atoms with Crippen molar-refractivity contribution in [2.24, 2.45) is 0 Å². The second-order valence-electron chi connectivity index (χ2n) is 0.475. The van der Waals surface area contributed by atoms with Crippen molar-refractivity contribution < 1.29 is 26.7 Å². The summed E-state index contributed by atoms with van der Waals surface area (Å²) in [5.74, 6) is 0. The van der Waals surface area contributed by atoms with Crippen molar-refractivity contribution in [2.45, 2.75) is 0 Å². The van der Waals surface area contributed by atoms with E-state index >= 15 is 0 Å². The second kappa shape index (κ2) is 11.1. The molecule has 0 aliphatic heterocycles. The van der Waals surface area contributed by atoms with Gasteiger partial charge in [0.1, 0.15) is 0 Å². The molecule has 4 nitrogen and oxygen atoms in total. The molecule has 0 saturated heterocycles. The van der Waals surface area contributed by atoms with Crippen LogP contribution in [0.5, 0.6) is 0 Å². The van der Waals surface area contributed by atoms with Crippen molar-refractivity contribution in [2.75, 3.05) is 0 Å². The summed E-state index contributed by atoms with van der Waals surface area (Å²) < 4.78 is 36.8. The van der Waals surface area contributed by atoms with Crippen LogP contribution in [0.25, 0.3) is 0 Å². The molecule has 9 heteroatoms. The molecule has 0 aliphatic carbocycles. The van der Waals surface area contributed by atoms with E-state index in [1.165, 1.54) is 0 Å². The third-order valence-electron chi connectivity index (χ3n) is 0. The fourth-order valence-electron chi connectivity index (χ4n) is 0. The first-order valence-electron chi connectivity index (χ1n) is 1.19. The normalized spacial score (nSPS) is 5.56. The van der Waals surface area contributed by atoms with Crippen molar-refractivity contribution in [3.8, 4) is 0 Å². The molecule has 9 heavy (non-hydrogen) atoms. The molecule has 0 amide bonds. The molecule has 0 aromatic heterocycles. The minimum atomic E-state index is -3.88. The molecule has 0 aromatic carbocycles. The van der Waals surface area contributed by atoms with Crippen LogP contribution < -0.4 is 9.59 Å². The minimum absolute atomic E-state index is 0. The van der Waals surface area contributed by atoms with Crippen LogP contribution in [0, 0.1) is 0 Å². The van der Waals surface area contributed by atoms with Crippen LogP contribution in [-0.4, -0.2) is 42.4 Å². The summed E-state index contributed by atoms with van der Waals surface area (Å²) in [6, 6.07) is 0. The van der Waals surface area contributed by atoms with Gasteiger partial charge in [0.05, 0.1) is 0 Å². The van der Waals surface area contributed by atoms with Gasteiger partial charge in [0, 0.05) is 0 Å². The van der Waals surface area contributed by atoms with Crippen molar-refractivity contribution >= 4 is 42.4 Å². The Hall–Kier alpha value is 0.292. The quantitative estimate of drug-likeness (QED) is 0.341. The van der Waals surface area contributed by atoms with E-state index in [1.807, 2.05) is 0 Å². The first-order chi connectivity index (χ1) is 3.46. The zero-order valence-electron chi connectivity index (χ0n) is 4.10. The molecule has 52 valence electrons. The molecule has 0 unspecified atom stereocenters. The Morgan fingerprint density at radius 3 is 1.00 bits per heavy atom. The van der Waals surface area contributed by atoms with Gasteiger partial charge in [-0.05, 0) is 0 Å². The van der Waals surface area contributed by atoms with E-state index in [0.717, 1.165) is 0 Å². The van der Waals surface area contributed by atoms with E-state index < -0.39 is 18.5 Å². The summed E-state index contributed by atoms with van der Waals surface area (Å²) in [7, 11) is -7.76. The molecule has 0 N–H and O–H groups in total. The first-order valence-corrected chi connectivity index (χ1v) is 3.58. The fourth-order valence-corrected chi connectivity index (χ4v) is 0. The average molecular weight is 279 g/mol. The van der Waals surface area contributed by atoms with Crippen LogP contribution in [-0.2, 0) is 8.92 Å². The van der Waals surface area contributed by atoms with Gasteiger partial charge in [-0.15, -0.1) is 0 Å². The summed E-state index contributed by atoms with van der Waals surface area (Å²) in [6.45, 7) is 0. The zero-order valence-corrected chi connectivity index (χ0v) is 10.1. The summed E-state index contributed by atoms with van der Waals surface area (Å²) in [4.78, 5) is 16.8. The van der Waals surface area contributed by atoms with Gasteiger partial charge in [0.25, 0.3) is 0 Å². The van der Waals surface area contributed by atoms with Gasteiger partial charge in [0.2, 0.25) is 0 Å². The maximum absolute atomic E-state index is 9.99. The van der Waals surface area contributed by atoms with Crippen LogP contribution in [0.1, 0.15) is 0 Å². The molecule has 0 aliphatic rings. The van der Waals surface area contributed by atoms with Crippen LogP contribution >= 0.6 is 0 Å². The molecule has 0 aromatic rings. The Kier molecular flexibility index (Phi) is 20.0. The molecule has 0 heterocycles. The molecule has 0 spiro atoms. The van der Waals surface area contributed by atoms with Crippen molar-refractivity contribution in [1.82, 2.24) is 0 Å². The molecule has 0 radical (unpaired) electrons. The molecule has 0 fully saturated rings. The average Bonchev–Trinajstić information content (AvgIpc) is 1.25. The Morgan fingerprint density at radius 1 is 1.00 bits per heavy atom. The van der Waals surface area contributed by atoms with E-state index in [2.05, 4.69) is 0 Å². The third kappa shape index (κ3) is 3840. The molecular weight excluding hydrogens is 277 g/mol. The van der Waals surface area contributed by atoms with E-state index in [4.69, 9.17) is 18.5 Å². The van der Waals surface area contributed by atoms with Crippen LogP contribution in [0.15, 0.2) is 0 Å². The van der Waals surface area contributed by atoms with Crippen molar-refractivity contribution in [3.05, 3.63) is 0 Å². The molecule has 0 atom stereocenters. The van der Waals surface area contributed by atoms with Crippen molar-refractivity contribution in [1.29, 1.82) is 0 Å². The molecule has 0 rings (SSSR count). The standard InChI is InChI=1S/2FO2Si.Sn.2H/c2*1-4(2)3;;;/q2*-1;+2;;. The van der Waals surface area contributed by atoms with E-state index in [0.29, 0.717) is 0 Å². The summed E-state index contributed by atoms with van der Waals surface area (Å²) in [5.41, 5.74) is 0. The second-order valence-corrected chi connectivity index (χ2v) is 1.43. The molecular formula is H2F2O4Si2Sn. The van der Waals surface area contributed by atoms with Gasteiger partial charge >= 0.3 is 42.4 Å². The van der Waals surface area contributed by atoms with Gasteiger partial charge in [0.15, 0.2) is 0 Å². The monoisotopic (exact) mass is 280 g/mol. The Bertz CT molecular complexity index is 74.6. The van der Waals surface area contributed by atoms with Gasteiger partial charge in [-0.25, -0.2) is 0 Å². The third-order valence-corrected chi connectivity index (χ3v) is 0. The Labute approximate surface area is 69.4 Å².